The molecule has 3 aliphatic rings. The van der Waals surface area contributed by atoms with Gasteiger partial charge in [-0.25, -0.2) is 0 Å². The third kappa shape index (κ3) is 4.29. The maximum atomic E-state index is 6.82. The van der Waals surface area contributed by atoms with Crippen LogP contribution in [0, 0.1) is 0 Å². The molecule has 5 atom stereocenters. The lowest BCUT2D eigenvalue weighted by molar-refractivity contribution is -0.238. The van der Waals surface area contributed by atoms with Crippen molar-refractivity contribution < 1.29 is 28.4 Å². The second-order valence-corrected chi connectivity index (χ2v) is 9.24. The Balaban J connectivity index is 1.47. The van der Waals surface area contributed by atoms with Crippen LogP contribution in [0.2, 0.25) is 0 Å². The molecule has 0 bridgehead atoms. The van der Waals surface area contributed by atoms with E-state index in [0.29, 0.717) is 6.61 Å². The van der Waals surface area contributed by atoms with Crippen molar-refractivity contribution in [3.05, 3.63) is 71.8 Å². The highest BCUT2D eigenvalue weighted by Gasteiger charge is 2.59. The van der Waals surface area contributed by atoms with Crippen LogP contribution in [-0.2, 0) is 28.4 Å². The largest absolute Gasteiger partial charge is 0.360 e. The molecule has 0 radical (unpaired) electrons. The molecule has 2 aromatic carbocycles. The van der Waals surface area contributed by atoms with E-state index in [1.807, 2.05) is 64.1 Å². The van der Waals surface area contributed by atoms with Gasteiger partial charge in [-0.1, -0.05) is 60.7 Å². The number of ether oxygens (including phenoxy) is 6. The zero-order chi connectivity index (χ0) is 21.6. The summed E-state index contributed by atoms with van der Waals surface area (Å²) in [6, 6.07) is 20.4. The van der Waals surface area contributed by atoms with Gasteiger partial charge in [-0.05, 0) is 38.8 Å². The Labute approximate surface area is 183 Å². The third-order valence-corrected chi connectivity index (χ3v) is 5.92. The second kappa shape index (κ2) is 7.96. The van der Waals surface area contributed by atoms with E-state index in [1.54, 1.807) is 0 Å². The van der Waals surface area contributed by atoms with Gasteiger partial charge in [0.05, 0.1) is 6.61 Å². The van der Waals surface area contributed by atoms with Gasteiger partial charge in [-0.3, -0.25) is 0 Å². The van der Waals surface area contributed by atoms with E-state index < -0.39 is 17.9 Å². The van der Waals surface area contributed by atoms with Crippen LogP contribution >= 0.6 is 0 Å². The summed E-state index contributed by atoms with van der Waals surface area (Å²) in [5.74, 6) is -1.39. The molecule has 3 heterocycles. The van der Waals surface area contributed by atoms with E-state index in [-0.39, 0.29) is 30.5 Å². The van der Waals surface area contributed by atoms with Crippen molar-refractivity contribution in [3.8, 4) is 0 Å². The molecule has 3 saturated heterocycles. The highest BCUT2D eigenvalue weighted by atomic mass is 16.8. The minimum atomic E-state index is -0.733. The van der Waals surface area contributed by atoms with Crippen LogP contribution in [0.5, 0.6) is 0 Å². The van der Waals surface area contributed by atoms with E-state index in [1.165, 1.54) is 0 Å². The van der Waals surface area contributed by atoms with Crippen LogP contribution in [0.3, 0.4) is 0 Å². The topological polar surface area (TPSA) is 55.4 Å². The van der Waals surface area contributed by atoms with Gasteiger partial charge in [0.2, 0.25) is 0 Å². The normalized spacial score (nSPS) is 33.6. The van der Waals surface area contributed by atoms with Crippen LogP contribution in [0.4, 0.5) is 0 Å². The molecule has 5 rings (SSSR count). The van der Waals surface area contributed by atoms with Gasteiger partial charge in [-0.2, -0.15) is 0 Å². The van der Waals surface area contributed by atoms with Crippen molar-refractivity contribution in [2.24, 2.45) is 0 Å². The molecule has 0 spiro atoms. The predicted octanol–water partition coefficient (Wildman–Crippen LogP) is 4.19. The molecule has 166 valence electrons. The van der Waals surface area contributed by atoms with Gasteiger partial charge in [0.1, 0.15) is 30.5 Å². The first-order valence-electron chi connectivity index (χ1n) is 10.9. The summed E-state index contributed by atoms with van der Waals surface area (Å²) in [5, 5.41) is 0. The zero-order valence-corrected chi connectivity index (χ0v) is 18.4. The first-order valence-corrected chi connectivity index (χ1v) is 10.9. The first kappa shape index (κ1) is 21.1. The lowest BCUT2D eigenvalue weighted by Crippen LogP contribution is -2.44. The molecule has 0 aliphatic carbocycles. The molecule has 6 heteroatoms. The quantitative estimate of drug-likeness (QED) is 0.715. The standard InChI is InChI=1S/C25H30O6/c1-24(2)26-15-18(29-24)20-21(22-23(28-20)31-25(3,4)30-22)27-19(16-11-7-5-8-12-16)17-13-9-6-10-14-17/h5-14,18-23H,15H2,1-4H3/t18-,20-,21+,22-,23-/m1/s1. The highest BCUT2D eigenvalue weighted by Crippen LogP contribution is 2.44. The molecule has 0 unspecified atom stereocenters. The Bertz CT molecular complexity index is 844. The number of hydrogen-bond donors (Lipinski definition) is 0. The monoisotopic (exact) mass is 426 g/mol. The summed E-state index contributed by atoms with van der Waals surface area (Å²) < 4.78 is 37.3. The van der Waals surface area contributed by atoms with E-state index in [9.17, 15) is 0 Å². The Morgan fingerprint density at radius 3 is 1.94 bits per heavy atom. The van der Waals surface area contributed by atoms with E-state index >= 15 is 0 Å². The molecule has 2 aromatic rings. The summed E-state index contributed by atoms with van der Waals surface area (Å²) in [6.45, 7) is 8.04. The molecule has 3 aliphatic heterocycles. The minimum Gasteiger partial charge on any atom is -0.360 e. The fourth-order valence-corrected chi connectivity index (χ4v) is 4.60. The second-order valence-electron chi connectivity index (χ2n) is 9.24. The van der Waals surface area contributed by atoms with Gasteiger partial charge in [0.15, 0.2) is 17.9 Å². The number of rotatable bonds is 5. The Hall–Kier alpha value is -1.80. The van der Waals surface area contributed by atoms with Crippen LogP contribution in [0.1, 0.15) is 44.9 Å². The molecule has 3 fully saturated rings. The Morgan fingerprint density at radius 1 is 0.774 bits per heavy atom. The summed E-state index contributed by atoms with van der Waals surface area (Å²) in [4.78, 5) is 0. The molecule has 0 N–H and O–H groups in total. The van der Waals surface area contributed by atoms with Crippen molar-refractivity contribution in [2.75, 3.05) is 6.61 Å². The first-order chi connectivity index (χ1) is 14.8. The molecule has 31 heavy (non-hydrogen) atoms. The maximum absolute atomic E-state index is 6.82. The molecular weight excluding hydrogens is 396 g/mol. The van der Waals surface area contributed by atoms with Crippen molar-refractivity contribution in [1.82, 2.24) is 0 Å². The predicted molar refractivity (Wildman–Crippen MR) is 113 cm³/mol. The van der Waals surface area contributed by atoms with Gasteiger partial charge in [0, 0.05) is 0 Å². The summed E-state index contributed by atoms with van der Waals surface area (Å²) in [7, 11) is 0. The van der Waals surface area contributed by atoms with Gasteiger partial charge in [0.25, 0.3) is 0 Å². The number of fused-ring (bicyclic) bond motifs is 1. The minimum absolute atomic E-state index is 0.270. The van der Waals surface area contributed by atoms with Crippen molar-refractivity contribution in [3.63, 3.8) is 0 Å². The zero-order valence-electron chi connectivity index (χ0n) is 18.4. The number of hydrogen-bond acceptors (Lipinski definition) is 6. The van der Waals surface area contributed by atoms with E-state index in [2.05, 4.69) is 24.3 Å². The summed E-state index contributed by atoms with van der Waals surface area (Å²) in [6.07, 6.45) is -2.18. The average Bonchev–Trinajstić information content (AvgIpc) is 3.36. The maximum Gasteiger partial charge on any atom is 0.190 e. The van der Waals surface area contributed by atoms with Gasteiger partial charge < -0.3 is 28.4 Å². The van der Waals surface area contributed by atoms with Crippen molar-refractivity contribution in [2.45, 2.75) is 76.1 Å². The van der Waals surface area contributed by atoms with Crippen LogP contribution < -0.4 is 0 Å². The SMILES string of the molecule is CC1(C)O[C@H]2O[C@H]([C@H]3COC(C)(C)O3)[C@H](OC(c3ccccc3)c3ccccc3)[C@H]2O1. The highest BCUT2D eigenvalue weighted by molar-refractivity contribution is 5.30. The van der Waals surface area contributed by atoms with Gasteiger partial charge in [-0.15, -0.1) is 0 Å². The van der Waals surface area contributed by atoms with Crippen LogP contribution in [0.15, 0.2) is 60.7 Å². The molecule has 0 saturated carbocycles. The number of benzene rings is 2. The molecular formula is C25H30O6. The van der Waals surface area contributed by atoms with Crippen LogP contribution in [0.25, 0.3) is 0 Å². The Kier molecular flexibility index (Phi) is 5.41. The Morgan fingerprint density at radius 2 is 1.39 bits per heavy atom. The summed E-state index contributed by atoms with van der Waals surface area (Å²) >= 11 is 0. The molecule has 6 nitrogen and oxygen atoms in total. The van der Waals surface area contributed by atoms with E-state index in [0.717, 1.165) is 11.1 Å². The van der Waals surface area contributed by atoms with Crippen LogP contribution in [-0.4, -0.2) is 48.9 Å². The summed E-state index contributed by atoms with van der Waals surface area (Å²) in [5.41, 5.74) is 2.14. The third-order valence-electron chi connectivity index (χ3n) is 5.92. The molecule has 0 aromatic heterocycles. The van der Waals surface area contributed by atoms with Crippen molar-refractivity contribution in [1.29, 1.82) is 0 Å². The van der Waals surface area contributed by atoms with Crippen molar-refractivity contribution >= 4 is 0 Å². The molecule has 0 amide bonds. The van der Waals surface area contributed by atoms with E-state index in [4.69, 9.17) is 28.4 Å². The lowest BCUT2D eigenvalue weighted by atomic mass is 9.99. The fraction of sp³-hybridized carbons (Fsp3) is 0.520. The lowest BCUT2D eigenvalue weighted by Gasteiger charge is -2.32. The smallest absolute Gasteiger partial charge is 0.190 e. The average molecular weight is 427 g/mol. The van der Waals surface area contributed by atoms with Gasteiger partial charge >= 0.3 is 0 Å². The fourth-order valence-electron chi connectivity index (χ4n) is 4.60.